The van der Waals surface area contributed by atoms with Crippen molar-refractivity contribution in [3.8, 4) is 17.0 Å². The van der Waals surface area contributed by atoms with E-state index in [1.807, 2.05) is 6.07 Å². The van der Waals surface area contributed by atoms with Crippen LogP contribution in [0.25, 0.3) is 11.3 Å². The molecule has 2 aromatic rings. The normalized spacial score (nSPS) is 10.3. The lowest BCUT2D eigenvalue weighted by Crippen LogP contribution is -2.13. The predicted molar refractivity (Wildman–Crippen MR) is 63.2 cm³/mol. The topological polar surface area (TPSA) is 87.0 Å². The fourth-order valence-corrected chi connectivity index (χ4v) is 1.51. The van der Waals surface area contributed by atoms with Crippen LogP contribution in [0.4, 0.5) is 5.69 Å². The Kier molecular flexibility index (Phi) is 3.07. The number of H-pyrrole nitrogens is 1. The van der Waals surface area contributed by atoms with Crippen LogP contribution in [-0.4, -0.2) is 28.4 Å². The number of nitrogens with zero attached hydrogens (tertiary/aromatic N) is 1. The van der Waals surface area contributed by atoms with Gasteiger partial charge in [-0.3, -0.25) is 5.10 Å². The maximum atomic E-state index is 9.40. The molecule has 5 heteroatoms. The molecule has 0 unspecified atom stereocenters. The van der Waals surface area contributed by atoms with Crippen molar-refractivity contribution in [3.05, 3.63) is 30.5 Å². The van der Waals surface area contributed by atoms with Crippen LogP contribution in [0.1, 0.15) is 0 Å². The number of hydrogen-bond donors (Lipinski definition) is 4. The number of hydrogen-bond acceptors (Lipinski definition) is 4. The molecule has 5 nitrogen and oxygen atoms in total. The molecule has 5 N–H and O–H groups in total. The molecule has 0 aliphatic heterocycles. The molecule has 0 atom stereocenters. The lowest BCUT2D eigenvalue weighted by atomic mass is 10.1. The van der Waals surface area contributed by atoms with Crippen molar-refractivity contribution in [2.75, 3.05) is 18.4 Å². The summed E-state index contributed by atoms with van der Waals surface area (Å²) in [5.41, 5.74) is 8.05. The zero-order valence-electron chi connectivity index (χ0n) is 8.77. The number of phenolic OH excluding ortho intramolecular Hbond substituents is 1. The van der Waals surface area contributed by atoms with E-state index >= 15 is 0 Å². The summed E-state index contributed by atoms with van der Waals surface area (Å²) in [6.07, 6.45) is 1.70. The number of anilines is 1. The predicted octanol–water partition coefficient (Wildman–Crippen LogP) is 1.15. The van der Waals surface area contributed by atoms with Gasteiger partial charge < -0.3 is 16.2 Å². The van der Waals surface area contributed by atoms with E-state index in [9.17, 15) is 5.11 Å². The van der Waals surface area contributed by atoms with Gasteiger partial charge in [0, 0.05) is 18.7 Å². The number of aromatic nitrogens is 2. The lowest BCUT2D eigenvalue weighted by Gasteiger charge is -2.05. The Balaban J connectivity index is 2.29. The first-order valence-corrected chi connectivity index (χ1v) is 5.08. The third kappa shape index (κ3) is 2.14. The summed E-state index contributed by atoms with van der Waals surface area (Å²) >= 11 is 0. The van der Waals surface area contributed by atoms with Gasteiger partial charge in [0.1, 0.15) is 5.75 Å². The van der Waals surface area contributed by atoms with Crippen molar-refractivity contribution in [3.63, 3.8) is 0 Å². The third-order valence-electron chi connectivity index (χ3n) is 2.23. The fraction of sp³-hybridized carbons (Fsp3) is 0.182. The number of benzene rings is 1. The maximum absolute atomic E-state index is 9.40. The molecular formula is C11H14N4O. The van der Waals surface area contributed by atoms with Crippen LogP contribution in [-0.2, 0) is 0 Å². The summed E-state index contributed by atoms with van der Waals surface area (Å²) in [5, 5.41) is 19.4. The van der Waals surface area contributed by atoms with Crippen molar-refractivity contribution < 1.29 is 5.11 Å². The smallest absolute Gasteiger partial charge is 0.116 e. The van der Waals surface area contributed by atoms with Gasteiger partial charge in [0.05, 0.1) is 17.6 Å². The van der Waals surface area contributed by atoms with E-state index in [0.29, 0.717) is 13.1 Å². The number of aromatic hydroxyl groups is 1. The molecule has 1 heterocycles. The molecule has 84 valence electrons. The Morgan fingerprint density at radius 2 is 2.31 bits per heavy atom. The van der Waals surface area contributed by atoms with E-state index in [1.165, 1.54) is 0 Å². The fourth-order valence-electron chi connectivity index (χ4n) is 1.51. The molecule has 16 heavy (non-hydrogen) atoms. The number of phenols is 1. The van der Waals surface area contributed by atoms with Gasteiger partial charge in [0.25, 0.3) is 0 Å². The minimum atomic E-state index is 0.233. The second-order valence-electron chi connectivity index (χ2n) is 3.42. The second kappa shape index (κ2) is 4.67. The number of nitrogens with two attached hydrogens (primary N) is 1. The van der Waals surface area contributed by atoms with Crippen molar-refractivity contribution in [2.24, 2.45) is 5.73 Å². The van der Waals surface area contributed by atoms with Gasteiger partial charge >= 0.3 is 0 Å². The average molecular weight is 218 g/mol. The van der Waals surface area contributed by atoms with Crippen LogP contribution in [0, 0.1) is 0 Å². The molecule has 0 amide bonds. The Morgan fingerprint density at radius 3 is 3.06 bits per heavy atom. The van der Waals surface area contributed by atoms with Gasteiger partial charge in [0.15, 0.2) is 0 Å². The molecule has 1 aromatic heterocycles. The van der Waals surface area contributed by atoms with Crippen LogP contribution in [0.3, 0.4) is 0 Å². The monoisotopic (exact) mass is 218 g/mol. The average Bonchev–Trinajstić information content (AvgIpc) is 2.74. The van der Waals surface area contributed by atoms with Crippen molar-refractivity contribution >= 4 is 5.69 Å². The van der Waals surface area contributed by atoms with Crippen molar-refractivity contribution in [2.45, 2.75) is 0 Å². The van der Waals surface area contributed by atoms with Crippen molar-refractivity contribution in [1.29, 1.82) is 0 Å². The van der Waals surface area contributed by atoms with Crippen LogP contribution in [0.5, 0.6) is 5.75 Å². The zero-order valence-corrected chi connectivity index (χ0v) is 8.77. The molecular weight excluding hydrogens is 204 g/mol. The number of rotatable bonds is 4. The van der Waals surface area contributed by atoms with Crippen LogP contribution < -0.4 is 11.1 Å². The largest absolute Gasteiger partial charge is 0.508 e. The quantitative estimate of drug-likeness (QED) is 0.620. The minimum Gasteiger partial charge on any atom is -0.508 e. The van der Waals surface area contributed by atoms with E-state index in [0.717, 1.165) is 16.9 Å². The Morgan fingerprint density at radius 1 is 1.44 bits per heavy atom. The van der Waals surface area contributed by atoms with E-state index in [4.69, 9.17) is 5.73 Å². The minimum absolute atomic E-state index is 0.233. The van der Waals surface area contributed by atoms with Crippen LogP contribution >= 0.6 is 0 Å². The first-order valence-electron chi connectivity index (χ1n) is 5.08. The first-order chi connectivity index (χ1) is 7.81. The zero-order chi connectivity index (χ0) is 11.4. The third-order valence-corrected chi connectivity index (χ3v) is 2.23. The van der Waals surface area contributed by atoms with E-state index in [-0.39, 0.29) is 5.75 Å². The first kappa shape index (κ1) is 10.5. The summed E-state index contributed by atoms with van der Waals surface area (Å²) in [6, 6.07) is 7.01. The molecule has 0 saturated heterocycles. The lowest BCUT2D eigenvalue weighted by molar-refractivity contribution is 0.475. The summed E-state index contributed by atoms with van der Waals surface area (Å²) in [5.74, 6) is 0.233. The number of nitrogens with one attached hydrogen (secondary N) is 2. The molecule has 0 saturated carbocycles. The second-order valence-corrected chi connectivity index (χ2v) is 3.42. The van der Waals surface area contributed by atoms with Gasteiger partial charge in [-0.15, -0.1) is 0 Å². The van der Waals surface area contributed by atoms with Crippen molar-refractivity contribution in [1.82, 2.24) is 10.2 Å². The highest BCUT2D eigenvalue weighted by Gasteiger charge is 2.07. The molecule has 0 aliphatic rings. The van der Waals surface area contributed by atoms with Gasteiger partial charge in [-0.05, 0) is 12.1 Å². The van der Waals surface area contributed by atoms with E-state index in [1.54, 1.807) is 24.4 Å². The van der Waals surface area contributed by atoms with E-state index in [2.05, 4.69) is 15.5 Å². The maximum Gasteiger partial charge on any atom is 0.116 e. The highest BCUT2D eigenvalue weighted by molar-refractivity contribution is 5.74. The Labute approximate surface area is 93.3 Å². The van der Waals surface area contributed by atoms with E-state index < -0.39 is 0 Å². The highest BCUT2D eigenvalue weighted by atomic mass is 16.3. The molecule has 2 rings (SSSR count). The SMILES string of the molecule is NCCNc1cn[nH]c1-c1cccc(O)c1. The molecule has 0 spiro atoms. The summed E-state index contributed by atoms with van der Waals surface area (Å²) in [4.78, 5) is 0. The van der Waals surface area contributed by atoms with Gasteiger partial charge in [-0.25, -0.2) is 0 Å². The summed E-state index contributed by atoms with van der Waals surface area (Å²) < 4.78 is 0. The van der Waals surface area contributed by atoms with Crippen LogP contribution in [0.2, 0.25) is 0 Å². The summed E-state index contributed by atoms with van der Waals surface area (Å²) in [7, 11) is 0. The highest BCUT2D eigenvalue weighted by Crippen LogP contribution is 2.27. The molecule has 0 radical (unpaired) electrons. The molecule has 0 fully saturated rings. The van der Waals surface area contributed by atoms with Gasteiger partial charge in [-0.1, -0.05) is 12.1 Å². The van der Waals surface area contributed by atoms with Gasteiger partial charge in [0.2, 0.25) is 0 Å². The molecule has 1 aromatic carbocycles. The standard InChI is InChI=1S/C11H14N4O/c12-4-5-13-10-7-14-15-11(10)8-2-1-3-9(16)6-8/h1-3,6-7,13,16H,4-5,12H2,(H,14,15). The van der Waals surface area contributed by atoms with Crippen LogP contribution in [0.15, 0.2) is 30.5 Å². The number of aromatic amines is 1. The molecule has 0 aliphatic carbocycles. The Bertz CT molecular complexity index is 467. The molecule has 0 bridgehead atoms. The van der Waals surface area contributed by atoms with Gasteiger partial charge in [-0.2, -0.15) is 5.10 Å². The summed E-state index contributed by atoms with van der Waals surface area (Å²) in [6.45, 7) is 1.25. The Hall–Kier alpha value is -2.01.